The SMILES string of the molecule is CO[C@H]1C[C@]2(C)[C@@H](CO)CC[C@H]2[C@@H]2CC[C@H]3CCCC[C@]3(C)[C@H]21. The molecule has 0 unspecified atom stereocenters. The molecule has 4 saturated carbocycles. The molecule has 0 heterocycles. The Kier molecular flexibility index (Phi) is 4.08. The molecule has 0 aromatic rings. The van der Waals surface area contributed by atoms with Gasteiger partial charge in [-0.1, -0.05) is 26.7 Å². The first-order valence-corrected chi connectivity index (χ1v) is 10.2. The summed E-state index contributed by atoms with van der Waals surface area (Å²) in [5.74, 6) is 3.88. The third kappa shape index (κ3) is 2.20. The van der Waals surface area contributed by atoms with Crippen LogP contribution in [0.2, 0.25) is 0 Å². The number of rotatable bonds is 2. The smallest absolute Gasteiger partial charge is 0.0613 e. The van der Waals surface area contributed by atoms with Crippen molar-refractivity contribution in [1.29, 1.82) is 0 Å². The van der Waals surface area contributed by atoms with Crippen LogP contribution in [0.25, 0.3) is 0 Å². The van der Waals surface area contributed by atoms with E-state index in [4.69, 9.17) is 4.74 Å². The lowest BCUT2D eigenvalue weighted by molar-refractivity contribution is -0.179. The number of ether oxygens (including phenoxy) is 1. The van der Waals surface area contributed by atoms with Gasteiger partial charge in [0, 0.05) is 13.7 Å². The van der Waals surface area contributed by atoms with Gasteiger partial charge in [-0.05, 0) is 85.4 Å². The Labute approximate surface area is 142 Å². The number of hydrogen-bond acceptors (Lipinski definition) is 2. The molecule has 4 rings (SSSR count). The van der Waals surface area contributed by atoms with E-state index in [1.807, 2.05) is 7.11 Å². The van der Waals surface area contributed by atoms with E-state index in [1.165, 1.54) is 57.8 Å². The molecule has 0 aliphatic heterocycles. The van der Waals surface area contributed by atoms with Gasteiger partial charge in [-0.25, -0.2) is 0 Å². The molecular formula is C21H36O2. The highest BCUT2D eigenvalue weighted by molar-refractivity contribution is 5.11. The third-order valence-electron chi connectivity index (χ3n) is 9.21. The number of methoxy groups -OCH3 is 1. The summed E-state index contributed by atoms with van der Waals surface area (Å²) in [6.45, 7) is 5.46. The lowest BCUT2D eigenvalue weighted by Crippen LogP contribution is -2.58. The molecule has 0 aromatic heterocycles. The van der Waals surface area contributed by atoms with E-state index in [9.17, 15) is 5.11 Å². The molecule has 0 radical (unpaired) electrons. The zero-order valence-electron chi connectivity index (χ0n) is 15.4. The van der Waals surface area contributed by atoms with Crippen LogP contribution in [-0.4, -0.2) is 24.9 Å². The normalized spacial score (nSPS) is 55.8. The van der Waals surface area contributed by atoms with Crippen LogP contribution in [-0.2, 0) is 4.74 Å². The predicted octanol–water partition coefficient (Wildman–Crippen LogP) is 4.65. The average Bonchev–Trinajstić information content (AvgIpc) is 2.89. The topological polar surface area (TPSA) is 29.5 Å². The van der Waals surface area contributed by atoms with Crippen molar-refractivity contribution in [3.8, 4) is 0 Å². The van der Waals surface area contributed by atoms with Crippen LogP contribution in [0.5, 0.6) is 0 Å². The monoisotopic (exact) mass is 320 g/mol. The zero-order chi connectivity index (χ0) is 16.2. The second-order valence-electron chi connectivity index (χ2n) is 9.76. The number of aliphatic hydroxyl groups is 1. The molecule has 1 N–H and O–H groups in total. The molecule has 2 nitrogen and oxygen atoms in total. The number of hydrogen-bond donors (Lipinski definition) is 1. The molecule has 23 heavy (non-hydrogen) atoms. The fraction of sp³-hybridized carbons (Fsp3) is 1.00. The van der Waals surface area contributed by atoms with E-state index >= 15 is 0 Å². The van der Waals surface area contributed by atoms with Crippen molar-refractivity contribution in [2.75, 3.05) is 13.7 Å². The molecule has 0 saturated heterocycles. The average molecular weight is 321 g/mol. The molecule has 2 heteroatoms. The van der Waals surface area contributed by atoms with Gasteiger partial charge in [0.2, 0.25) is 0 Å². The van der Waals surface area contributed by atoms with E-state index in [2.05, 4.69) is 13.8 Å². The van der Waals surface area contributed by atoms with E-state index in [-0.39, 0.29) is 0 Å². The molecule has 4 aliphatic carbocycles. The van der Waals surface area contributed by atoms with E-state index in [0.717, 1.165) is 23.7 Å². The van der Waals surface area contributed by atoms with E-state index in [1.54, 1.807) is 0 Å². The van der Waals surface area contributed by atoms with Gasteiger partial charge in [0.15, 0.2) is 0 Å². The van der Waals surface area contributed by atoms with Gasteiger partial charge in [0.25, 0.3) is 0 Å². The van der Waals surface area contributed by atoms with Crippen molar-refractivity contribution < 1.29 is 9.84 Å². The second-order valence-corrected chi connectivity index (χ2v) is 9.76. The third-order valence-corrected chi connectivity index (χ3v) is 9.21. The highest BCUT2D eigenvalue weighted by atomic mass is 16.5. The fourth-order valence-corrected chi connectivity index (χ4v) is 8.01. The molecule has 8 atom stereocenters. The van der Waals surface area contributed by atoms with Gasteiger partial charge in [-0.3, -0.25) is 0 Å². The summed E-state index contributed by atoms with van der Waals surface area (Å²) in [5, 5.41) is 9.92. The highest BCUT2D eigenvalue weighted by Gasteiger charge is 2.62. The van der Waals surface area contributed by atoms with E-state index in [0.29, 0.717) is 29.5 Å². The van der Waals surface area contributed by atoms with Gasteiger partial charge in [0.05, 0.1) is 6.10 Å². The van der Waals surface area contributed by atoms with Crippen LogP contribution in [0.4, 0.5) is 0 Å². The molecule has 0 spiro atoms. The van der Waals surface area contributed by atoms with Crippen LogP contribution in [0.3, 0.4) is 0 Å². The van der Waals surface area contributed by atoms with Gasteiger partial charge in [0.1, 0.15) is 0 Å². The van der Waals surface area contributed by atoms with Crippen molar-refractivity contribution in [1.82, 2.24) is 0 Å². The Morgan fingerprint density at radius 2 is 1.83 bits per heavy atom. The maximum atomic E-state index is 9.92. The summed E-state index contributed by atoms with van der Waals surface area (Å²) in [7, 11) is 1.95. The number of fused-ring (bicyclic) bond motifs is 5. The minimum atomic E-state index is 0.314. The van der Waals surface area contributed by atoms with Crippen LogP contribution in [0.1, 0.15) is 71.6 Å². The van der Waals surface area contributed by atoms with Gasteiger partial charge in [-0.15, -0.1) is 0 Å². The molecule has 4 aliphatic rings. The Hall–Kier alpha value is -0.0800. The molecule has 4 fully saturated rings. The molecule has 0 bridgehead atoms. The Morgan fingerprint density at radius 1 is 1.00 bits per heavy atom. The minimum absolute atomic E-state index is 0.314. The summed E-state index contributed by atoms with van der Waals surface area (Å²) >= 11 is 0. The van der Waals surface area contributed by atoms with E-state index < -0.39 is 0 Å². The Morgan fingerprint density at radius 3 is 2.57 bits per heavy atom. The van der Waals surface area contributed by atoms with Crippen LogP contribution in [0.15, 0.2) is 0 Å². The van der Waals surface area contributed by atoms with Crippen molar-refractivity contribution in [3.05, 3.63) is 0 Å². The lowest BCUT2D eigenvalue weighted by atomic mass is 9.44. The van der Waals surface area contributed by atoms with Crippen molar-refractivity contribution >= 4 is 0 Å². The van der Waals surface area contributed by atoms with Gasteiger partial charge < -0.3 is 9.84 Å². The number of aliphatic hydroxyl groups excluding tert-OH is 1. The standard InChI is InChI=1S/C21H36O2/c1-20-11-5-4-6-14(20)7-9-16-17-10-8-15(13-22)21(17,2)12-18(23-3)19(16)20/h14-19,22H,4-13H2,1-3H3/t14-,15-,16+,17+,18+,19-,20+,21-/m1/s1. The molecule has 0 aromatic carbocycles. The fourth-order valence-electron chi connectivity index (χ4n) is 8.01. The second kappa shape index (κ2) is 5.73. The molecular weight excluding hydrogens is 284 g/mol. The summed E-state index contributed by atoms with van der Waals surface area (Å²) in [6, 6.07) is 0. The maximum absolute atomic E-state index is 9.92. The predicted molar refractivity (Wildman–Crippen MR) is 93.1 cm³/mol. The maximum Gasteiger partial charge on any atom is 0.0613 e. The summed E-state index contributed by atoms with van der Waals surface area (Å²) in [5.41, 5.74) is 0.828. The summed E-state index contributed by atoms with van der Waals surface area (Å²) in [4.78, 5) is 0. The largest absolute Gasteiger partial charge is 0.396 e. The van der Waals surface area contributed by atoms with Gasteiger partial charge >= 0.3 is 0 Å². The van der Waals surface area contributed by atoms with Crippen LogP contribution < -0.4 is 0 Å². The first-order valence-electron chi connectivity index (χ1n) is 10.2. The Bertz CT molecular complexity index is 449. The molecule has 0 amide bonds. The lowest BCUT2D eigenvalue weighted by Gasteiger charge is -2.62. The molecule has 132 valence electrons. The van der Waals surface area contributed by atoms with Crippen molar-refractivity contribution in [3.63, 3.8) is 0 Å². The quantitative estimate of drug-likeness (QED) is 0.802. The minimum Gasteiger partial charge on any atom is -0.396 e. The van der Waals surface area contributed by atoms with Crippen LogP contribution in [0, 0.1) is 40.4 Å². The van der Waals surface area contributed by atoms with Crippen LogP contribution >= 0.6 is 0 Å². The van der Waals surface area contributed by atoms with Crippen molar-refractivity contribution in [2.45, 2.75) is 77.7 Å². The van der Waals surface area contributed by atoms with Gasteiger partial charge in [-0.2, -0.15) is 0 Å². The first-order chi connectivity index (χ1) is 11.0. The van der Waals surface area contributed by atoms with Crippen molar-refractivity contribution in [2.24, 2.45) is 40.4 Å². The highest BCUT2D eigenvalue weighted by Crippen LogP contribution is 2.67. The zero-order valence-corrected chi connectivity index (χ0v) is 15.4. The summed E-state index contributed by atoms with van der Waals surface area (Å²) < 4.78 is 6.16. The summed E-state index contributed by atoms with van der Waals surface area (Å²) in [6.07, 6.45) is 12.8. The first kappa shape index (κ1) is 16.4. The Balaban J connectivity index is 1.70.